The number of hydrogen-bond acceptors (Lipinski definition) is 4. The summed E-state index contributed by atoms with van der Waals surface area (Å²) in [5.74, 6) is 0.415. The fourth-order valence-electron chi connectivity index (χ4n) is 3.64. The van der Waals surface area contributed by atoms with Gasteiger partial charge in [-0.05, 0) is 79.9 Å². The van der Waals surface area contributed by atoms with Gasteiger partial charge < -0.3 is 14.7 Å². The van der Waals surface area contributed by atoms with Crippen LogP contribution in [0.3, 0.4) is 0 Å². The molecule has 118 valence electrons. The highest BCUT2D eigenvalue weighted by atomic mass is 32.1. The SMILES string of the molecule is OC(c1ccsc1)C1CCC(OCCN2CCCC2)CC1. The van der Waals surface area contributed by atoms with Crippen LogP contribution in [0.5, 0.6) is 0 Å². The fraction of sp³-hybridized carbons (Fsp3) is 0.765. The van der Waals surface area contributed by atoms with Crippen molar-refractivity contribution in [2.24, 2.45) is 5.92 Å². The number of likely N-dealkylation sites (tertiary alicyclic amines) is 1. The van der Waals surface area contributed by atoms with Crippen LogP contribution in [0.2, 0.25) is 0 Å². The van der Waals surface area contributed by atoms with Gasteiger partial charge in [-0.25, -0.2) is 0 Å². The van der Waals surface area contributed by atoms with Gasteiger partial charge in [-0.1, -0.05) is 0 Å². The molecular weight excluding hydrogens is 282 g/mol. The van der Waals surface area contributed by atoms with Crippen molar-refractivity contribution in [3.05, 3.63) is 22.4 Å². The van der Waals surface area contributed by atoms with Crippen molar-refractivity contribution in [3.8, 4) is 0 Å². The fourth-order valence-corrected chi connectivity index (χ4v) is 4.33. The van der Waals surface area contributed by atoms with Gasteiger partial charge in [-0.2, -0.15) is 11.3 Å². The van der Waals surface area contributed by atoms with Crippen molar-refractivity contribution < 1.29 is 9.84 Å². The first-order valence-electron chi connectivity index (χ1n) is 8.37. The quantitative estimate of drug-likeness (QED) is 0.873. The Balaban J connectivity index is 1.35. The third-order valence-corrected chi connectivity index (χ3v) is 5.71. The molecule has 1 unspecified atom stereocenters. The van der Waals surface area contributed by atoms with Crippen LogP contribution in [0.4, 0.5) is 0 Å². The minimum absolute atomic E-state index is 0.276. The molecule has 1 aromatic rings. The highest BCUT2D eigenvalue weighted by Crippen LogP contribution is 2.36. The van der Waals surface area contributed by atoms with Gasteiger partial charge in [0.2, 0.25) is 0 Å². The number of ether oxygens (including phenoxy) is 1. The molecule has 1 saturated heterocycles. The number of aliphatic hydroxyl groups is 1. The Morgan fingerprint density at radius 2 is 2.00 bits per heavy atom. The number of rotatable bonds is 6. The molecule has 2 heterocycles. The Kier molecular flexibility index (Phi) is 5.69. The van der Waals surface area contributed by atoms with Gasteiger partial charge in [0.25, 0.3) is 0 Å². The van der Waals surface area contributed by atoms with Crippen molar-refractivity contribution in [1.82, 2.24) is 4.90 Å². The molecule has 1 aromatic heterocycles. The van der Waals surface area contributed by atoms with Crippen LogP contribution in [0, 0.1) is 5.92 Å². The van der Waals surface area contributed by atoms with E-state index < -0.39 is 0 Å². The molecule has 21 heavy (non-hydrogen) atoms. The summed E-state index contributed by atoms with van der Waals surface area (Å²) in [6, 6.07) is 2.05. The lowest BCUT2D eigenvalue weighted by molar-refractivity contribution is -0.0108. The molecule has 0 radical (unpaired) electrons. The molecule has 1 atom stereocenters. The molecule has 4 heteroatoms. The molecule has 0 spiro atoms. The van der Waals surface area contributed by atoms with Gasteiger partial charge in [-0.3, -0.25) is 0 Å². The van der Waals surface area contributed by atoms with Crippen LogP contribution in [0.25, 0.3) is 0 Å². The summed E-state index contributed by atoms with van der Waals surface area (Å²) in [7, 11) is 0. The van der Waals surface area contributed by atoms with E-state index in [9.17, 15) is 5.11 Å². The van der Waals surface area contributed by atoms with E-state index in [-0.39, 0.29) is 6.10 Å². The molecule has 1 saturated carbocycles. The molecule has 3 rings (SSSR count). The molecule has 3 nitrogen and oxygen atoms in total. The van der Waals surface area contributed by atoms with E-state index in [0.29, 0.717) is 12.0 Å². The minimum Gasteiger partial charge on any atom is -0.388 e. The first-order chi connectivity index (χ1) is 10.3. The second kappa shape index (κ2) is 7.73. The van der Waals surface area contributed by atoms with Crippen molar-refractivity contribution >= 4 is 11.3 Å². The average molecular weight is 309 g/mol. The van der Waals surface area contributed by atoms with Crippen LogP contribution in [0.1, 0.15) is 50.2 Å². The third-order valence-electron chi connectivity index (χ3n) is 5.01. The summed E-state index contributed by atoms with van der Waals surface area (Å²) < 4.78 is 6.04. The molecule has 1 aliphatic heterocycles. The van der Waals surface area contributed by atoms with Crippen LogP contribution in [-0.2, 0) is 4.74 Å². The maximum absolute atomic E-state index is 10.4. The Labute approximate surface area is 131 Å². The Bertz CT molecular complexity index is 395. The van der Waals surface area contributed by atoms with Gasteiger partial charge in [0.15, 0.2) is 0 Å². The van der Waals surface area contributed by atoms with Crippen LogP contribution in [0.15, 0.2) is 16.8 Å². The predicted octanol–water partition coefficient (Wildman–Crippen LogP) is 3.45. The zero-order chi connectivity index (χ0) is 14.5. The van der Waals surface area contributed by atoms with Gasteiger partial charge in [-0.15, -0.1) is 0 Å². The van der Waals surface area contributed by atoms with E-state index in [0.717, 1.165) is 44.4 Å². The Hall–Kier alpha value is -0.420. The maximum Gasteiger partial charge on any atom is 0.0826 e. The summed E-state index contributed by atoms with van der Waals surface area (Å²) in [6.07, 6.45) is 7.23. The molecular formula is C17H27NO2S. The van der Waals surface area contributed by atoms with Crippen molar-refractivity contribution in [2.45, 2.75) is 50.7 Å². The standard InChI is InChI=1S/C17H27NO2S/c19-17(15-7-12-21-13-15)14-3-5-16(6-4-14)20-11-10-18-8-1-2-9-18/h7,12-14,16-17,19H,1-6,8-11H2. The van der Waals surface area contributed by atoms with Gasteiger partial charge >= 0.3 is 0 Å². The normalized spacial score (nSPS) is 28.8. The smallest absolute Gasteiger partial charge is 0.0826 e. The molecule has 1 aliphatic carbocycles. The van der Waals surface area contributed by atoms with Crippen molar-refractivity contribution in [1.29, 1.82) is 0 Å². The zero-order valence-corrected chi connectivity index (χ0v) is 13.6. The number of aliphatic hydroxyl groups excluding tert-OH is 1. The number of nitrogens with zero attached hydrogens (tertiary/aromatic N) is 1. The lowest BCUT2D eigenvalue weighted by Crippen LogP contribution is -2.29. The van der Waals surface area contributed by atoms with Crippen molar-refractivity contribution in [3.63, 3.8) is 0 Å². The van der Waals surface area contributed by atoms with E-state index in [1.807, 2.05) is 11.4 Å². The Morgan fingerprint density at radius 3 is 2.67 bits per heavy atom. The number of hydrogen-bond donors (Lipinski definition) is 1. The van der Waals surface area contributed by atoms with E-state index >= 15 is 0 Å². The van der Waals surface area contributed by atoms with E-state index in [1.165, 1.54) is 25.9 Å². The number of thiophene rings is 1. The van der Waals surface area contributed by atoms with E-state index in [4.69, 9.17) is 4.74 Å². The largest absolute Gasteiger partial charge is 0.388 e. The molecule has 0 amide bonds. The van der Waals surface area contributed by atoms with E-state index in [2.05, 4.69) is 10.3 Å². The highest BCUT2D eigenvalue weighted by molar-refractivity contribution is 7.07. The van der Waals surface area contributed by atoms with Crippen molar-refractivity contribution in [2.75, 3.05) is 26.2 Å². The summed E-state index contributed by atoms with van der Waals surface area (Å²) in [5, 5.41) is 14.5. The summed E-state index contributed by atoms with van der Waals surface area (Å²) in [4.78, 5) is 2.51. The minimum atomic E-state index is -0.276. The third kappa shape index (κ3) is 4.28. The molecule has 0 bridgehead atoms. The predicted molar refractivity (Wildman–Crippen MR) is 86.7 cm³/mol. The second-order valence-electron chi connectivity index (χ2n) is 6.46. The molecule has 2 fully saturated rings. The van der Waals surface area contributed by atoms with Gasteiger partial charge in [0.05, 0.1) is 18.8 Å². The summed E-state index contributed by atoms with van der Waals surface area (Å²) in [5.41, 5.74) is 1.10. The zero-order valence-electron chi connectivity index (χ0n) is 12.7. The Morgan fingerprint density at radius 1 is 1.24 bits per heavy atom. The first-order valence-corrected chi connectivity index (χ1v) is 9.31. The van der Waals surface area contributed by atoms with Crippen LogP contribution >= 0.6 is 11.3 Å². The lowest BCUT2D eigenvalue weighted by atomic mass is 9.82. The van der Waals surface area contributed by atoms with Crippen LogP contribution in [-0.4, -0.2) is 42.4 Å². The molecule has 2 aliphatic rings. The highest BCUT2D eigenvalue weighted by Gasteiger charge is 2.28. The molecule has 1 N–H and O–H groups in total. The maximum atomic E-state index is 10.4. The van der Waals surface area contributed by atoms with Gasteiger partial charge in [0, 0.05) is 6.54 Å². The average Bonchev–Trinajstić information content (AvgIpc) is 3.21. The van der Waals surface area contributed by atoms with E-state index in [1.54, 1.807) is 11.3 Å². The molecule has 0 aromatic carbocycles. The lowest BCUT2D eigenvalue weighted by Gasteiger charge is -2.31. The second-order valence-corrected chi connectivity index (χ2v) is 7.24. The van der Waals surface area contributed by atoms with Crippen LogP contribution < -0.4 is 0 Å². The topological polar surface area (TPSA) is 32.7 Å². The summed E-state index contributed by atoms with van der Waals surface area (Å²) >= 11 is 1.67. The van der Waals surface area contributed by atoms with Gasteiger partial charge in [0.1, 0.15) is 0 Å². The first kappa shape index (κ1) is 15.5. The summed E-state index contributed by atoms with van der Waals surface area (Å²) in [6.45, 7) is 4.48. The monoisotopic (exact) mass is 309 g/mol.